The van der Waals surface area contributed by atoms with E-state index in [-0.39, 0.29) is 23.0 Å². The summed E-state index contributed by atoms with van der Waals surface area (Å²) in [5.74, 6) is 0.311. The molecule has 4 heteroatoms. The van der Waals surface area contributed by atoms with Gasteiger partial charge >= 0.3 is 5.97 Å². The second-order valence-electron chi connectivity index (χ2n) is 9.46. The number of carbonyl (C=O) groups excluding carboxylic acids is 1. The van der Waals surface area contributed by atoms with E-state index < -0.39 is 11.6 Å². The van der Waals surface area contributed by atoms with Gasteiger partial charge in [-0.2, -0.15) is 0 Å². The summed E-state index contributed by atoms with van der Waals surface area (Å²) in [6, 6.07) is 0. The van der Waals surface area contributed by atoms with Crippen LogP contribution in [0.3, 0.4) is 0 Å². The van der Waals surface area contributed by atoms with E-state index in [0.717, 1.165) is 32.1 Å². The van der Waals surface area contributed by atoms with Crippen molar-refractivity contribution in [1.29, 1.82) is 0 Å². The fourth-order valence-corrected chi connectivity index (χ4v) is 6.68. The van der Waals surface area contributed by atoms with E-state index >= 15 is 0 Å². The van der Waals surface area contributed by atoms with Crippen LogP contribution in [0.15, 0.2) is 23.3 Å². The predicted octanol–water partition coefficient (Wildman–Crippen LogP) is 4.03. The smallest absolute Gasteiger partial charge is 0.303 e. The summed E-state index contributed by atoms with van der Waals surface area (Å²) in [5.41, 5.74) is 1.70. The van der Waals surface area contributed by atoms with Crippen LogP contribution in [0, 0.1) is 22.7 Å². The molecule has 0 aromatic heterocycles. The highest BCUT2D eigenvalue weighted by molar-refractivity contribution is 5.92. The average Bonchev–Trinajstić information content (AvgIpc) is 2.86. The molecule has 4 aliphatic carbocycles. The largest absolute Gasteiger partial charge is 0.481 e. The fraction of sp³-hybridized carbons (Fsp3) is 0.727. The van der Waals surface area contributed by atoms with E-state index in [0.29, 0.717) is 31.1 Å². The highest BCUT2D eigenvalue weighted by Crippen LogP contribution is 2.66. The molecule has 0 heterocycles. The molecular formula is C22H30O4. The van der Waals surface area contributed by atoms with E-state index in [2.05, 4.69) is 19.9 Å². The number of carboxylic acid groups (broad SMARTS) is 1. The zero-order valence-electron chi connectivity index (χ0n) is 15.9. The highest BCUT2D eigenvalue weighted by Gasteiger charge is 2.61. The third-order valence-electron chi connectivity index (χ3n) is 8.41. The van der Waals surface area contributed by atoms with Crippen LogP contribution in [-0.2, 0) is 9.59 Å². The molecule has 0 bridgehead atoms. The Morgan fingerprint density at radius 3 is 2.73 bits per heavy atom. The average molecular weight is 358 g/mol. The van der Waals surface area contributed by atoms with Crippen LogP contribution in [0.4, 0.5) is 0 Å². The summed E-state index contributed by atoms with van der Waals surface area (Å²) in [7, 11) is 0. The molecule has 4 rings (SSSR count). The number of aliphatic hydroxyl groups is 1. The molecule has 26 heavy (non-hydrogen) atoms. The second kappa shape index (κ2) is 5.79. The number of carboxylic acids is 1. The Morgan fingerprint density at radius 1 is 1.23 bits per heavy atom. The molecule has 0 aromatic carbocycles. The van der Waals surface area contributed by atoms with Crippen LogP contribution in [0.25, 0.3) is 0 Å². The topological polar surface area (TPSA) is 74.6 Å². The van der Waals surface area contributed by atoms with Gasteiger partial charge in [-0.05, 0) is 62.9 Å². The minimum absolute atomic E-state index is 0.0138. The monoisotopic (exact) mass is 358 g/mol. The SMILES string of the molecule is C[C@]12CCC(=O)C=C1CC[C@@H]1C2=CC[C@@]2(C)[C@H]1CC[C@]2(O)CCC(=O)O. The zero-order chi connectivity index (χ0) is 18.7. The van der Waals surface area contributed by atoms with E-state index in [1.807, 2.05) is 6.08 Å². The Hall–Kier alpha value is -1.42. The quantitative estimate of drug-likeness (QED) is 0.747. The van der Waals surface area contributed by atoms with Crippen LogP contribution >= 0.6 is 0 Å². The molecule has 2 saturated carbocycles. The van der Waals surface area contributed by atoms with Crippen LogP contribution in [0.1, 0.15) is 71.6 Å². The molecule has 2 N–H and O–H groups in total. The van der Waals surface area contributed by atoms with Crippen molar-refractivity contribution in [3.8, 4) is 0 Å². The molecule has 142 valence electrons. The summed E-state index contributed by atoms with van der Waals surface area (Å²) in [4.78, 5) is 22.9. The molecule has 0 amide bonds. The number of rotatable bonds is 3. The summed E-state index contributed by atoms with van der Waals surface area (Å²) in [6.07, 6.45) is 10.7. The van der Waals surface area contributed by atoms with E-state index in [4.69, 9.17) is 5.11 Å². The lowest BCUT2D eigenvalue weighted by Crippen LogP contribution is -2.51. The van der Waals surface area contributed by atoms with Crippen molar-refractivity contribution >= 4 is 11.8 Å². The Labute approximate surface area is 155 Å². The number of hydrogen-bond acceptors (Lipinski definition) is 3. The second-order valence-corrected chi connectivity index (χ2v) is 9.46. The maximum atomic E-state index is 11.9. The highest BCUT2D eigenvalue weighted by atomic mass is 16.4. The molecule has 4 nitrogen and oxygen atoms in total. The van der Waals surface area contributed by atoms with Crippen molar-refractivity contribution in [2.45, 2.75) is 77.2 Å². The molecule has 4 aliphatic rings. The van der Waals surface area contributed by atoms with Gasteiger partial charge in [0.1, 0.15) is 0 Å². The van der Waals surface area contributed by atoms with Gasteiger partial charge in [0.2, 0.25) is 0 Å². The van der Waals surface area contributed by atoms with E-state index in [1.54, 1.807) is 0 Å². The van der Waals surface area contributed by atoms with Gasteiger partial charge in [-0.25, -0.2) is 0 Å². The van der Waals surface area contributed by atoms with Crippen molar-refractivity contribution in [1.82, 2.24) is 0 Å². The van der Waals surface area contributed by atoms with Crippen LogP contribution in [0.2, 0.25) is 0 Å². The molecule has 0 saturated heterocycles. The van der Waals surface area contributed by atoms with Gasteiger partial charge < -0.3 is 10.2 Å². The first-order valence-corrected chi connectivity index (χ1v) is 10.1. The Balaban J connectivity index is 1.68. The van der Waals surface area contributed by atoms with Gasteiger partial charge in [-0.15, -0.1) is 0 Å². The summed E-state index contributed by atoms with van der Waals surface area (Å²) < 4.78 is 0. The third-order valence-corrected chi connectivity index (χ3v) is 8.41. The van der Waals surface area contributed by atoms with Gasteiger partial charge in [0.15, 0.2) is 5.78 Å². The predicted molar refractivity (Wildman–Crippen MR) is 98.5 cm³/mol. The normalized spacial score (nSPS) is 44.5. The van der Waals surface area contributed by atoms with Gasteiger partial charge in [0.05, 0.1) is 5.60 Å². The van der Waals surface area contributed by atoms with Gasteiger partial charge in [-0.1, -0.05) is 31.1 Å². The Bertz CT molecular complexity index is 720. The maximum absolute atomic E-state index is 11.9. The molecule has 5 atom stereocenters. The Kier molecular flexibility index (Phi) is 4.00. The summed E-state index contributed by atoms with van der Waals surface area (Å²) in [6.45, 7) is 4.48. The third kappa shape index (κ3) is 2.37. The van der Waals surface area contributed by atoms with Crippen molar-refractivity contribution < 1.29 is 19.8 Å². The number of allylic oxidation sites excluding steroid dienone is 4. The van der Waals surface area contributed by atoms with E-state index in [9.17, 15) is 14.7 Å². The molecular weight excluding hydrogens is 328 g/mol. The van der Waals surface area contributed by atoms with Crippen LogP contribution in [0.5, 0.6) is 0 Å². The number of fused-ring (bicyclic) bond motifs is 5. The van der Waals surface area contributed by atoms with Crippen molar-refractivity contribution in [2.24, 2.45) is 22.7 Å². The van der Waals surface area contributed by atoms with Gasteiger partial charge in [0.25, 0.3) is 0 Å². The summed E-state index contributed by atoms with van der Waals surface area (Å²) in [5, 5.41) is 20.5. The van der Waals surface area contributed by atoms with Gasteiger partial charge in [-0.3, -0.25) is 9.59 Å². The minimum Gasteiger partial charge on any atom is -0.481 e. The minimum atomic E-state index is -0.877. The van der Waals surface area contributed by atoms with Crippen molar-refractivity contribution in [3.63, 3.8) is 0 Å². The number of hydrogen-bond donors (Lipinski definition) is 2. The fourth-order valence-electron chi connectivity index (χ4n) is 6.68. The molecule has 0 spiro atoms. The number of aliphatic carboxylic acids is 1. The van der Waals surface area contributed by atoms with Gasteiger partial charge in [0, 0.05) is 23.7 Å². The first-order valence-electron chi connectivity index (χ1n) is 10.1. The Morgan fingerprint density at radius 2 is 2.00 bits per heavy atom. The number of carbonyl (C=O) groups is 2. The molecule has 2 fully saturated rings. The maximum Gasteiger partial charge on any atom is 0.303 e. The molecule has 0 aromatic rings. The molecule has 0 unspecified atom stereocenters. The molecule has 0 aliphatic heterocycles. The van der Waals surface area contributed by atoms with E-state index in [1.165, 1.54) is 11.1 Å². The van der Waals surface area contributed by atoms with Crippen molar-refractivity contribution in [3.05, 3.63) is 23.3 Å². The standard InChI is InChI=1S/C22H30O4/c1-20-9-5-15(23)13-14(20)3-4-16-17(20)6-10-21(2)18(16)7-11-22(21,26)12-8-19(24)25/h6,13,16,18,26H,3-5,7-12H2,1-2H3,(H,24,25)/t16-,18+,20+,21+,22+/m1/s1. The zero-order valence-corrected chi connectivity index (χ0v) is 15.9. The lowest BCUT2D eigenvalue weighted by Gasteiger charge is -2.55. The summed E-state index contributed by atoms with van der Waals surface area (Å²) >= 11 is 0. The number of ketones is 1. The molecule has 0 radical (unpaired) electrons. The van der Waals surface area contributed by atoms with Crippen LogP contribution in [-0.4, -0.2) is 27.6 Å². The van der Waals surface area contributed by atoms with Crippen LogP contribution < -0.4 is 0 Å². The lowest BCUT2D eigenvalue weighted by molar-refractivity contribution is -0.141. The first kappa shape index (κ1) is 18.0. The first-order chi connectivity index (χ1) is 12.2. The lowest BCUT2D eigenvalue weighted by atomic mass is 9.50. The van der Waals surface area contributed by atoms with Crippen molar-refractivity contribution in [2.75, 3.05) is 0 Å².